The minimum atomic E-state index is -0.185. The molecule has 92 valence electrons. The number of nitrogens with zero attached hydrogens (tertiary/aromatic N) is 1. The third-order valence-corrected chi connectivity index (χ3v) is 2.86. The Balaban J connectivity index is 2.39. The van der Waals surface area contributed by atoms with E-state index in [0.29, 0.717) is 12.0 Å². The maximum atomic E-state index is 11.0. The van der Waals surface area contributed by atoms with E-state index in [1.807, 2.05) is 13.8 Å². The summed E-state index contributed by atoms with van der Waals surface area (Å²) in [6, 6.07) is 0.535. The second kappa shape index (κ2) is 5.72. The van der Waals surface area contributed by atoms with Crippen molar-refractivity contribution in [3.63, 3.8) is 0 Å². The first kappa shape index (κ1) is 12.8. The third-order valence-electron chi connectivity index (χ3n) is 2.86. The predicted octanol–water partition coefficient (Wildman–Crippen LogP) is 0.343. The molecule has 0 radical (unpaired) electrons. The lowest BCUT2D eigenvalue weighted by Gasteiger charge is -2.24. The van der Waals surface area contributed by atoms with Crippen molar-refractivity contribution in [1.29, 1.82) is 0 Å². The minimum absolute atomic E-state index is 0.0331. The van der Waals surface area contributed by atoms with Gasteiger partial charge >= 0.3 is 0 Å². The van der Waals surface area contributed by atoms with Crippen molar-refractivity contribution in [3.05, 3.63) is 0 Å². The lowest BCUT2D eigenvalue weighted by Crippen LogP contribution is -2.38. The Kier molecular flexibility index (Phi) is 4.58. The van der Waals surface area contributed by atoms with Crippen LogP contribution in [0.1, 0.15) is 39.5 Å². The van der Waals surface area contributed by atoms with Gasteiger partial charge in [-0.3, -0.25) is 9.79 Å². The van der Waals surface area contributed by atoms with Crippen molar-refractivity contribution in [3.8, 4) is 0 Å². The van der Waals surface area contributed by atoms with Crippen LogP contribution in [0.15, 0.2) is 4.99 Å². The first-order valence-electron chi connectivity index (χ1n) is 5.88. The van der Waals surface area contributed by atoms with Crippen molar-refractivity contribution in [2.45, 2.75) is 51.6 Å². The fourth-order valence-electron chi connectivity index (χ4n) is 2.02. The van der Waals surface area contributed by atoms with Gasteiger partial charge in [0.2, 0.25) is 5.91 Å². The third kappa shape index (κ3) is 4.08. The zero-order chi connectivity index (χ0) is 12.1. The Labute approximate surface area is 96.7 Å². The Morgan fingerprint density at radius 2 is 1.81 bits per heavy atom. The number of nitrogens with two attached hydrogens (primary N) is 2. The highest BCUT2D eigenvalue weighted by molar-refractivity contribution is 5.78. The van der Waals surface area contributed by atoms with Gasteiger partial charge in [0.25, 0.3) is 0 Å². The van der Waals surface area contributed by atoms with Gasteiger partial charge in [0, 0.05) is 12.0 Å². The number of aliphatic imine (C=N–C) groups is 1. The molecular weight excluding hydrogens is 204 g/mol. The highest BCUT2D eigenvalue weighted by Crippen LogP contribution is 2.25. The predicted molar refractivity (Wildman–Crippen MR) is 64.8 cm³/mol. The molecule has 0 aliphatic heterocycles. The molecule has 5 N–H and O–H groups in total. The number of hydrogen-bond donors (Lipinski definition) is 3. The second-order valence-corrected chi connectivity index (χ2v) is 4.72. The van der Waals surface area contributed by atoms with Crippen LogP contribution in [0.5, 0.6) is 0 Å². The topological polar surface area (TPSA) is 93.5 Å². The number of rotatable bonds is 3. The summed E-state index contributed by atoms with van der Waals surface area (Å²) >= 11 is 0. The molecule has 0 heterocycles. The van der Waals surface area contributed by atoms with E-state index < -0.39 is 0 Å². The molecule has 1 aliphatic rings. The molecule has 0 aromatic rings. The van der Waals surface area contributed by atoms with Crippen LogP contribution >= 0.6 is 0 Å². The van der Waals surface area contributed by atoms with Gasteiger partial charge in [-0.25, -0.2) is 0 Å². The summed E-state index contributed by atoms with van der Waals surface area (Å²) < 4.78 is 0. The van der Waals surface area contributed by atoms with E-state index in [0.717, 1.165) is 25.7 Å². The fraction of sp³-hybridized carbons (Fsp3) is 0.818. The van der Waals surface area contributed by atoms with E-state index in [1.165, 1.54) is 0 Å². The molecule has 5 heteroatoms. The highest BCUT2D eigenvalue weighted by atomic mass is 16.1. The van der Waals surface area contributed by atoms with Crippen LogP contribution in [0, 0.1) is 5.92 Å². The zero-order valence-electron chi connectivity index (χ0n) is 10.1. The summed E-state index contributed by atoms with van der Waals surface area (Å²) in [6.07, 6.45) is 3.46. The van der Waals surface area contributed by atoms with Crippen LogP contribution < -0.4 is 16.8 Å². The Bertz CT molecular complexity index is 267. The lowest BCUT2D eigenvalue weighted by atomic mass is 9.86. The molecule has 0 aromatic carbocycles. The highest BCUT2D eigenvalue weighted by Gasteiger charge is 2.24. The van der Waals surface area contributed by atoms with Crippen molar-refractivity contribution in [2.75, 3.05) is 0 Å². The van der Waals surface area contributed by atoms with Gasteiger partial charge in [-0.2, -0.15) is 0 Å². The van der Waals surface area contributed by atoms with Crippen LogP contribution in [-0.2, 0) is 4.79 Å². The Morgan fingerprint density at radius 3 is 2.25 bits per heavy atom. The largest absolute Gasteiger partial charge is 0.370 e. The molecule has 0 saturated heterocycles. The van der Waals surface area contributed by atoms with Crippen molar-refractivity contribution < 1.29 is 4.79 Å². The fourth-order valence-corrected chi connectivity index (χ4v) is 2.02. The van der Waals surface area contributed by atoms with E-state index in [-0.39, 0.29) is 17.9 Å². The van der Waals surface area contributed by atoms with Crippen LogP contribution in [0.4, 0.5) is 0 Å². The number of carbonyl (C=O) groups excluding carboxylic acids is 1. The number of amides is 1. The second-order valence-electron chi connectivity index (χ2n) is 4.72. The molecule has 5 nitrogen and oxygen atoms in total. The zero-order valence-corrected chi connectivity index (χ0v) is 10.1. The van der Waals surface area contributed by atoms with Crippen LogP contribution in [0.25, 0.3) is 0 Å². The van der Waals surface area contributed by atoms with Crippen LogP contribution in [0.2, 0.25) is 0 Å². The van der Waals surface area contributed by atoms with Crippen molar-refractivity contribution >= 4 is 11.9 Å². The summed E-state index contributed by atoms with van der Waals surface area (Å²) in [5.41, 5.74) is 11.0. The first-order chi connectivity index (χ1) is 7.49. The van der Waals surface area contributed by atoms with E-state index in [9.17, 15) is 4.79 Å². The Morgan fingerprint density at radius 1 is 1.25 bits per heavy atom. The molecule has 0 spiro atoms. The van der Waals surface area contributed by atoms with Crippen LogP contribution in [0.3, 0.4) is 0 Å². The van der Waals surface area contributed by atoms with Crippen molar-refractivity contribution in [2.24, 2.45) is 22.4 Å². The Hall–Kier alpha value is -1.26. The van der Waals surface area contributed by atoms with Gasteiger partial charge in [0.05, 0.1) is 6.04 Å². The van der Waals surface area contributed by atoms with E-state index in [2.05, 4.69) is 10.3 Å². The maximum absolute atomic E-state index is 11.0. The average Bonchev–Trinajstić information content (AvgIpc) is 2.16. The standard InChI is InChI=1S/C11H22N4O/c1-7(2)14-11(13)15-9-5-3-8(4-6-9)10(12)16/h7-9H,3-6H2,1-2H3,(H2,12,16)(H3,13,14,15). The molecule has 0 aromatic heterocycles. The molecule has 1 fully saturated rings. The first-order valence-corrected chi connectivity index (χ1v) is 5.88. The number of hydrogen-bond acceptors (Lipinski definition) is 2. The van der Waals surface area contributed by atoms with E-state index in [4.69, 9.17) is 11.5 Å². The normalized spacial score (nSPS) is 26.8. The van der Waals surface area contributed by atoms with E-state index >= 15 is 0 Å². The van der Waals surface area contributed by atoms with Gasteiger partial charge in [-0.05, 0) is 39.5 Å². The smallest absolute Gasteiger partial charge is 0.220 e. The minimum Gasteiger partial charge on any atom is -0.370 e. The summed E-state index contributed by atoms with van der Waals surface area (Å²) in [5, 5.41) is 3.06. The monoisotopic (exact) mass is 226 g/mol. The van der Waals surface area contributed by atoms with E-state index in [1.54, 1.807) is 0 Å². The number of carbonyl (C=O) groups is 1. The van der Waals surface area contributed by atoms with Crippen LogP contribution in [-0.4, -0.2) is 24.0 Å². The van der Waals surface area contributed by atoms with Crippen molar-refractivity contribution in [1.82, 2.24) is 5.32 Å². The summed E-state index contributed by atoms with van der Waals surface area (Å²) in [7, 11) is 0. The SMILES string of the molecule is CC(C)NC(N)=NC1CCC(C(N)=O)CC1. The lowest BCUT2D eigenvalue weighted by molar-refractivity contribution is -0.122. The summed E-state index contributed by atoms with van der Waals surface area (Å²) in [5.74, 6) is 0.346. The number of guanidine groups is 1. The molecule has 1 aliphatic carbocycles. The molecule has 0 unspecified atom stereocenters. The van der Waals surface area contributed by atoms with Gasteiger partial charge < -0.3 is 16.8 Å². The average molecular weight is 226 g/mol. The molecule has 16 heavy (non-hydrogen) atoms. The molecule has 1 rings (SSSR count). The molecule has 0 bridgehead atoms. The summed E-state index contributed by atoms with van der Waals surface area (Å²) in [6.45, 7) is 4.04. The maximum Gasteiger partial charge on any atom is 0.220 e. The number of primary amides is 1. The summed E-state index contributed by atoms with van der Waals surface area (Å²) in [4.78, 5) is 15.4. The molecule has 1 amide bonds. The van der Waals surface area contributed by atoms with Gasteiger partial charge in [-0.15, -0.1) is 0 Å². The van der Waals surface area contributed by atoms with Gasteiger partial charge in [0.15, 0.2) is 5.96 Å². The number of nitrogens with one attached hydrogen (secondary N) is 1. The molecule has 0 atom stereocenters. The van der Waals surface area contributed by atoms with Gasteiger partial charge in [0.1, 0.15) is 0 Å². The molecule has 1 saturated carbocycles. The van der Waals surface area contributed by atoms with Gasteiger partial charge in [-0.1, -0.05) is 0 Å². The quantitative estimate of drug-likeness (QED) is 0.478. The molecular formula is C11H22N4O.